The summed E-state index contributed by atoms with van der Waals surface area (Å²) >= 11 is 0. The summed E-state index contributed by atoms with van der Waals surface area (Å²) in [5.41, 5.74) is 4.74. The van der Waals surface area contributed by atoms with Crippen molar-refractivity contribution in [2.75, 3.05) is 16.8 Å². The van der Waals surface area contributed by atoms with Gasteiger partial charge in [0.2, 0.25) is 5.91 Å². The maximum Gasteiger partial charge on any atom is 0.242 e. The Balaban J connectivity index is 2.24. The minimum Gasteiger partial charge on any atom is -0.397 e. The molecule has 2 rings (SSSR count). The Morgan fingerprint density at radius 2 is 2.00 bits per heavy atom. The van der Waals surface area contributed by atoms with Gasteiger partial charge in [-0.15, -0.1) is 0 Å². The van der Waals surface area contributed by atoms with E-state index < -0.39 is 38.3 Å². The monoisotopic (exact) mass is 304 g/mol. The summed E-state index contributed by atoms with van der Waals surface area (Å²) in [5, 5.41) is 0.938. The van der Waals surface area contributed by atoms with Crippen LogP contribution < -0.4 is 11.1 Å². The van der Waals surface area contributed by atoms with Gasteiger partial charge < -0.3 is 11.1 Å². The quantitative estimate of drug-likeness (QED) is 0.809. The SMILES string of the molecule is Nc1cc(F)cc(F)c1NC(=O)C1CCCCS1(=O)=O. The molecule has 0 spiro atoms. The normalized spacial score (nSPS) is 21.4. The van der Waals surface area contributed by atoms with E-state index in [9.17, 15) is 22.0 Å². The average molecular weight is 304 g/mol. The van der Waals surface area contributed by atoms with Crippen LogP contribution in [0, 0.1) is 11.6 Å². The maximum absolute atomic E-state index is 13.5. The fourth-order valence-electron chi connectivity index (χ4n) is 2.18. The van der Waals surface area contributed by atoms with E-state index >= 15 is 0 Å². The lowest BCUT2D eigenvalue weighted by molar-refractivity contribution is -0.116. The van der Waals surface area contributed by atoms with Crippen LogP contribution in [0.2, 0.25) is 0 Å². The van der Waals surface area contributed by atoms with Gasteiger partial charge >= 0.3 is 0 Å². The lowest BCUT2D eigenvalue weighted by Crippen LogP contribution is -2.39. The van der Waals surface area contributed by atoms with Gasteiger partial charge in [-0.2, -0.15) is 0 Å². The van der Waals surface area contributed by atoms with Crippen LogP contribution >= 0.6 is 0 Å². The Labute approximate surface area is 115 Å². The van der Waals surface area contributed by atoms with Crippen LogP contribution in [0.5, 0.6) is 0 Å². The molecule has 0 bridgehead atoms. The number of sulfone groups is 1. The largest absolute Gasteiger partial charge is 0.397 e. The fraction of sp³-hybridized carbons (Fsp3) is 0.417. The first kappa shape index (κ1) is 14.7. The lowest BCUT2D eigenvalue weighted by atomic mass is 10.1. The second kappa shape index (κ2) is 5.35. The number of hydrogen-bond donors (Lipinski definition) is 2. The molecule has 0 radical (unpaired) electrons. The van der Waals surface area contributed by atoms with E-state index in [0.717, 1.165) is 6.07 Å². The number of benzene rings is 1. The molecule has 1 amide bonds. The number of nitrogens with one attached hydrogen (secondary N) is 1. The van der Waals surface area contributed by atoms with E-state index in [1.807, 2.05) is 0 Å². The maximum atomic E-state index is 13.5. The summed E-state index contributed by atoms with van der Waals surface area (Å²) in [6, 6.07) is 1.43. The van der Waals surface area contributed by atoms with Crippen LogP contribution in [0.3, 0.4) is 0 Å². The highest BCUT2D eigenvalue weighted by Crippen LogP contribution is 2.26. The van der Waals surface area contributed by atoms with Crippen LogP contribution in [0.25, 0.3) is 0 Å². The van der Waals surface area contributed by atoms with Crippen LogP contribution in [-0.2, 0) is 14.6 Å². The van der Waals surface area contributed by atoms with Gasteiger partial charge in [0.05, 0.1) is 11.4 Å². The first-order chi connectivity index (χ1) is 9.31. The zero-order chi connectivity index (χ0) is 14.9. The number of carbonyl (C=O) groups excluding carboxylic acids is 1. The van der Waals surface area contributed by atoms with Gasteiger partial charge in [0.1, 0.15) is 16.8 Å². The number of carbonyl (C=O) groups is 1. The molecule has 0 aliphatic carbocycles. The number of halogens is 2. The van der Waals surface area contributed by atoms with Crippen molar-refractivity contribution in [1.29, 1.82) is 0 Å². The van der Waals surface area contributed by atoms with Crippen molar-refractivity contribution in [1.82, 2.24) is 0 Å². The van der Waals surface area contributed by atoms with Crippen molar-refractivity contribution in [2.24, 2.45) is 0 Å². The molecular formula is C12H14F2N2O3S. The molecule has 1 atom stereocenters. The Morgan fingerprint density at radius 3 is 2.60 bits per heavy atom. The first-order valence-electron chi connectivity index (χ1n) is 6.08. The molecule has 1 unspecified atom stereocenters. The second-order valence-corrected chi connectivity index (χ2v) is 7.00. The van der Waals surface area contributed by atoms with E-state index in [1.165, 1.54) is 0 Å². The van der Waals surface area contributed by atoms with Gasteiger partial charge in [-0.25, -0.2) is 17.2 Å². The standard InChI is InChI=1S/C12H14F2N2O3S/c13-7-5-8(14)11(9(15)6-7)16-12(17)10-3-1-2-4-20(10,18)19/h5-6,10H,1-4,15H2,(H,16,17). The molecule has 1 heterocycles. The third-order valence-electron chi connectivity index (χ3n) is 3.20. The van der Waals surface area contributed by atoms with Gasteiger partial charge in [-0.1, -0.05) is 6.42 Å². The van der Waals surface area contributed by atoms with Crippen molar-refractivity contribution in [3.8, 4) is 0 Å². The summed E-state index contributed by atoms with van der Waals surface area (Å²) in [7, 11) is -3.53. The molecule has 0 aromatic heterocycles. The molecule has 5 nitrogen and oxygen atoms in total. The summed E-state index contributed by atoms with van der Waals surface area (Å²) < 4.78 is 50.0. The molecule has 3 N–H and O–H groups in total. The number of rotatable bonds is 2. The second-order valence-electron chi connectivity index (χ2n) is 4.69. The average Bonchev–Trinajstić information content (AvgIpc) is 2.32. The molecule has 1 aromatic rings. The Kier molecular flexibility index (Phi) is 3.94. The van der Waals surface area contributed by atoms with Crippen molar-refractivity contribution >= 4 is 27.1 Å². The molecular weight excluding hydrogens is 290 g/mol. The summed E-state index contributed by atoms with van der Waals surface area (Å²) in [6.45, 7) is 0. The minimum absolute atomic E-state index is 0.0630. The summed E-state index contributed by atoms with van der Waals surface area (Å²) in [4.78, 5) is 12.0. The van der Waals surface area contributed by atoms with Crippen LogP contribution in [0.15, 0.2) is 12.1 Å². The van der Waals surface area contributed by atoms with E-state index in [4.69, 9.17) is 5.73 Å². The summed E-state index contributed by atoms with van der Waals surface area (Å²) in [6.07, 6.45) is 1.31. The Bertz CT molecular complexity index is 623. The van der Waals surface area contributed by atoms with Crippen molar-refractivity contribution in [2.45, 2.75) is 24.5 Å². The van der Waals surface area contributed by atoms with Gasteiger partial charge in [0, 0.05) is 6.07 Å². The predicted octanol–water partition coefficient (Wildman–Crippen LogP) is 1.45. The van der Waals surface area contributed by atoms with E-state index in [2.05, 4.69) is 5.32 Å². The molecule has 1 saturated heterocycles. The van der Waals surface area contributed by atoms with Crippen LogP contribution in [0.1, 0.15) is 19.3 Å². The Morgan fingerprint density at radius 1 is 1.30 bits per heavy atom. The summed E-state index contributed by atoms with van der Waals surface area (Å²) in [5.74, 6) is -2.80. The lowest BCUT2D eigenvalue weighted by Gasteiger charge is -2.21. The Hall–Kier alpha value is -1.70. The molecule has 20 heavy (non-hydrogen) atoms. The third kappa shape index (κ3) is 2.90. The zero-order valence-corrected chi connectivity index (χ0v) is 11.3. The molecule has 0 saturated carbocycles. The number of nitrogen functional groups attached to an aromatic ring is 1. The first-order valence-corrected chi connectivity index (χ1v) is 7.80. The molecule has 8 heteroatoms. The molecule has 110 valence electrons. The smallest absolute Gasteiger partial charge is 0.242 e. The molecule has 1 aliphatic heterocycles. The van der Waals surface area contributed by atoms with E-state index in [0.29, 0.717) is 18.9 Å². The third-order valence-corrected chi connectivity index (χ3v) is 5.38. The fourth-order valence-corrected chi connectivity index (χ4v) is 3.98. The zero-order valence-electron chi connectivity index (χ0n) is 10.5. The van der Waals surface area contributed by atoms with Gasteiger partial charge in [-0.05, 0) is 18.9 Å². The van der Waals surface area contributed by atoms with Gasteiger partial charge in [0.25, 0.3) is 0 Å². The van der Waals surface area contributed by atoms with Crippen molar-refractivity contribution in [3.05, 3.63) is 23.8 Å². The topological polar surface area (TPSA) is 89.3 Å². The number of amides is 1. The minimum atomic E-state index is -3.53. The number of nitrogens with two attached hydrogens (primary N) is 1. The highest BCUT2D eigenvalue weighted by atomic mass is 32.2. The van der Waals surface area contributed by atoms with Crippen LogP contribution in [0.4, 0.5) is 20.2 Å². The van der Waals surface area contributed by atoms with Crippen molar-refractivity contribution in [3.63, 3.8) is 0 Å². The van der Waals surface area contributed by atoms with E-state index in [1.54, 1.807) is 0 Å². The predicted molar refractivity (Wildman–Crippen MR) is 70.8 cm³/mol. The molecule has 1 aromatic carbocycles. The van der Waals surface area contributed by atoms with E-state index in [-0.39, 0.29) is 17.9 Å². The molecule has 1 fully saturated rings. The van der Waals surface area contributed by atoms with Crippen molar-refractivity contribution < 1.29 is 22.0 Å². The van der Waals surface area contributed by atoms with Crippen LogP contribution in [-0.4, -0.2) is 25.3 Å². The van der Waals surface area contributed by atoms with Gasteiger partial charge in [-0.3, -0.25) is 4.79 Å². The van der Waals surface area contributed by atoms with Gasteiger partial charge in [0.15, 0.2) is 15.7 Å². The highest BCUT2D eigenvalue weighted by Gasteiger charge is 2.35. The number of anilines is 2. The highest BCUT2D eigenvalue weighted by molar-refractivity contribution is 7.92. The molecule has 1 aliphatic rings. The number of hydrogen-bond acceptors (Lipinski definition) is 4.